The molecule has 0 unspecified atom stereocenters. The highest BCUT2D eigenvalue weighted by Gasteiger charge is 2.15. The summed E-state index contributed by atoms with van der Waals surface area (Å²) in [5, 5.41) is 7.83. The Morgan fingerprint density at radius 3 is 2.57 bits per heavy atom. The molecule has 1 aromatic carbocycles. The summed E-state index contributed by atoms with van der Waals surface area (Å²) in [7, 11) is 0. The van der Waals surface area contributed by atoms with Gasteiger partial charge in [0.1, 0.15) is 0 Å². The lowest BCUT2D eigenvalue weighted by molar-refractivity contribution is 0.481. The van der Waals surface area contributed by atoms with Crippen LogP contribution in [-0.4, -0.2) is 16.9 Å². The maximum absolute atomic E-state index is 6.01. The van der Waals surface area contributed by atoms with Crippen molar-refractivity contribution in [2.45, 2.75) is 39.5 Å². The molecule has 0 bridgehead atoms. The van der Waals surface area contributed by atoms with E-state index in [1.165, 1.54) is 18.6 Å². The van der Waals surface area contributed by atoms with Gasteiger partial charge in [-0.25, -0.2) is 4.68 Å². The van der Waals surface area contributed by atoms with Crippen LogP contribution in [0, 0.1) is 5.92 Å². The summed E-state index contributed by atoms with van der Waals surface area (Å²) in [5.74, 6) is 0.817. The molecule has 3 rings (SSSR count). The van der Waals surface area contributed by atoms with Crippen molar-refractivity contribution < 1.29 is 0 Å². The van der Waals surface area contributed by atoms with Crippen LogP contribution in [0.15, 0.2) is 39.7 Å². The van der Waals surface area contributed by atoms with Gasteiger partial charge in [-0.1, -0.05) is 30.7 Å². The molecule has 1 saturated carbocycles. The normalized spacial score (nSPS) is 19.2. The predicted octanol–water partition coefficient (Wildman–Crippen LogP) is 5.20. The van der Waals surface area contributed by atoms with Gasteiger partial charge in [0.25, 0.3) is 0 Å². The highest BCUT2D eigenvalue weighted by molar-refractivity contribution is 7.07. The Kier molecular flexibility index (Phi) is 5.34. The maximum atomic E-state index is 6.01. The van der Waals surface area contributed by atoms with Crippen molar-refractivity contribution in [2.75, 3.05) is 6.54 Å². The zero-order valence-corrected chi connectivity index (χ0v) is 15.2. The summed E-state index contributed by atoms with van der Waals surface area (Å²) in [6, 6.07) is 7.93. The van der Waals surface area contributed by atoms with Gasteiger partial charge in [0, 0.05) is 28.2 Å². The standard InChI is InChI=1S/C18H22ClN3S/c1-3-20-18-22(21-16-10-4-13(2)5-11-16)17(12-23-18)14-6-8-15(19)9-7-14/h6-9,12-13H,3-5,10-11H2,1-2H3. The van der Waals surface area contributed by atoms with Gasteiger partial charge in [0.05, 0.1) is 5.69 Å². The van der Waals surface area contributed by atoms with Gasteiger partial charge in [-0.3, -0.25) is 4.99 Å². The Bertz CT molecular complexity index is 745. The Labute approximate surface area is 146 Å². The molecular formula is C18H22ClN3S. The summed E-state index contributed by atoms with van der Waals surface area (Å²) >= 11 is 7.66. The lowest BCUT2D eigenvalue weighted by Crippen LogP contribution is -2.18. The minimum atomic E-state index is 0.751. The van der Waals surface area contributed by atoms with Crippen molar-refractivity contribution in [2.24, 2.45) is 16.0 Å². The number of halogens is 1. The monoisotopic (exact) mass is 347 g/mol. The van der Waals surface area contributed by atoms with Crippen molar-refractivity contribution >= 4 is 28.6 Å². The quantitative estimate of drug-likeness (QED) is 0.730. The Hall–Kier alpha value is -1.39. The maximum Gasteiger partial charge on any atom is 0.206 e. The first-order valence-corrected chi connectivity index (χ1v) is 9.47. The zero-order valence-electron chi connectivity index (χ0n) is 13.6. The lowest BCUT2D eigenvalue weighted by atomic mass is 9.90. The van der Waals surface area contributed by atoms with Crippen LogP contribution in [0.4, 0.5) is 0 Å². The molecule has 1 heterocycles. The summed E-state index contributed by atoms with van der Waals surface area (Å²) in [6.07, 6.45) is 4.66. The third-order valence-electron chi connectivity index (χ3n) is 4.21. The van der Waals surface area contributed by atoms with E-state index >= 15 is 0 Å². The van der Waals surface area contributed by atoms with Gasteiger partial charge >= 0.3 is 0 Å². The molecule has 1 fully saturated rings. The number of thiazole rings is 1. The second-order valence-electron chi connectivity index (χ2n) is 6.05. The molecule has 5 heteroatoms. The predicted molar refractivity (Wildman–Crippen MR) is 99.3 cm³/mol. The van der Waals surface area contributed by atoms with Crippen LogP contribution < -0.4 is 4.80 Å². The van der Waals surface area contributed by atoms with E-state index in [1.807, 2.05) is 28.9 Å². The molecule has 0 spiro atoms. The Balaban J connectivity index is 2.03. The van der Waals surface area contributed by atoms with Gasteiger partial charge < -0.3 is 0 Å². The molecule has 0 aliphatic heterocycles. The molecule has 3 nitrogen and oxygen atoms in total. The van der Waals surface area contributed by atoms with Crippen LogP contribution in [0.3, 0.4) is 0 Å². The fourth-order valence-corrected chi connectivity index (χ4v) is 3.82. The molecule has 23 heavy (non-hydrogen) atoms. The second-order valence-corrected chi connectivity index (χ2v) is 7.32. The fourth-order valence-electron chi connectivity index (χ4n) is 2.80. The highest BCUT2D eigenvalue weighted by atomic mass is 35.5. The lowest BCUT2D eigenvalue weighted by Gasteiger charge is -2.19. The molecular weight excluding hydrogens is 326 g/mol. The topological polar surface area (TPSA) is 29.6 Å². The summed E-state index contributed by atoms with van der Waals surface area (Å²) in [4.78, 5) is 5.56. The fraction of sp³-hybridized carbons (Fsp3) is 0.444. The number of aromatic nitrogens is 1. The average Bonchev–Trinajstić information content (AvgIpc) is 2.94. The minimum absolute atomic E-state index is 0.751. The van der Waals surface area contributed by atoms with Crippen LogP contribution in [0.5, 0.6) is 0 Å². The van der Waals surface area contributed by atoms with Crippen LogP contribution in [-0.2, 0) is 0 Å². The molecule has 1 aliphatic rings. The molecule has 0 amide bonds. The van der Waals surface area contributed by atoms with Gasteiger partial charge in [0.2, 0.25) is 4.80 Å². The summed E-state index contributed by atoms with van der Waals surface area (Å²) < 4.78 is 2.02. The molecule has 1 aromatic heterocycles. The third-order valence-corrected chi connectivity index (χ3v) is 5.32. The smallest absolute Gasteiger partial charge is 0.206 e. The van der Waals surface area contributed by atoms with Crippen molar-refractivity contribution in [3.63, 3.8) is 0 Å². The van der Waals surface area contributed by atoms with E-state index in [4.69, 9.17) is 16.7 Å². The first kappa shape index (κ1) is 16.5. The second kappa shape index (κ2) is 7.45. The number of rotatable bonds is 3. The molecule has 0 N–H and O–H groups in total. The van der Waals surface area contributed by atoms with E-state index in [1.54, 1.807) is 11.3 Å². The third kappa shape index (κ3) is 3.93. The average molecular weight is 348 g/mol. The number of hydrogen-bond acceptors (Lipinski definition) is 3. The molecule has 1 aliphatic carbocycles. The van der Waals surface area contributed by atoms with Crippen molar-refractivity contribution in [1.29, 1.82) is 0 Å². The van der Waals surface area contributed by atoms with Gasteiger partial charge in [0.15, 0.2) is 0 Å². The first-order valence-electron chi connectivity index (χ1n) is 8.21. The van der Waals surface area contributed by atoms with E-state index in [-0.39, 0.29) is 0 Å². The van der Waals surface area contributed by atoms with Crippen LogP contribution in [0.1, 0.15) is 39.5 Å². The summed E-state index contributed by atoms with van der Waals surface area (Å²) in [5.41, 5.74) is 3.50. The van der Waals surface area contributed by atoms with Crippen molar-refractivity contribution in [3.05, 3.63) is 39.5 Å². The molecule has 122 valence electrons. The summed E-state index contributed by atoms with van der Waals surface area (Å²) in [6.45, 7) is 5.15. The molecule has 0 saturated heterocycles. The number of benzene rings is 1. The van der Waals surface area contributed by atoms with Crippen molar-refractivity contribution in [3.8, 4) is 11.3 Å². The zero-order chi connectivity index (χ0) is 16.2. The SMILES string of the molecule is CCN=c1scc(-c2ccc(Cl)cc2)n1N=C1CCC(C)CC1. The van der Waals surface area contributed by atoms with Crippen LogP contribution in [0.25, 0.3) is 11.3 Å². The van der Waals surface area contributed by atoms with E-state index in [9.17, 15) is 0 Å². The van der Waals surface area contributed by atoms with Crippen molar-refractivity contribution in [1.82, 2.24) is 4.68 Å². The molecule has 0 radical (unpaired) electrons. The van der Waals surface area contributed by atoms with Crippen LogP contribution in [0.2, 0.25) is 5.02 Å². The van der Waals surface area contributed by atoms with Crippen LogP contribution >= 0.6 is 22.9 Å². The Morgan fingerprint density at radius 2 is 1.91 bits per heavy atom. The highest BCUT2D eigenvalue weighted by Crippen LogP contribution is 2.25. The largest absolute Gasteiger partial charge is 0.258 e. The molecule has 0 atom stereocenters. The van der Waals surface area contributed by atoms with E-state index in [0.717, 1.165) is 46.4 Å². The first-order chi connectivity index (χ1) is 11.2. The van der Waals surface area contributed by atoms with E-state index < -0.39 is 0 Å². The minimum Gasteiger partial charge on any atom is -0.258 e. The number of hydrogen-bond donors (Lipinski definition) is 0. The van der Waals surface area contributed by atoms with Gasteiger partial charge in [-0.15, -0.1) is 11.3 Å². The number of nitrogens with zero attached hydrogens (tertiary/aromatic N) is 3. The van der Waals surface area contributed by atoms with Gasteiger partial charge in [-0.2, -0.15) is 5.10 Å². The van der Waals surface area contributed by atoms with E-state index in [2.05, 4.69) is 24.2 Å². The van der Waals surface area contributed by atoms with E-state index in [0.29, 0.717) is 0 Å². The molecule has 2 aromatic rings. The van der Waals surface area contributed by atoms with Gasteiger partial charge in [-0.05, 0) is 50.7 Å². The Morgan fingerprint density at radius 1 is 1.22 bits per heavy atom.